The van der Waals surface area contributed by atoms with Crippen LogP contribution in [0.15, 0.2) is 24.3 Å². The van der Waals surface area contributed by atoms with Gasteiger partial charge in [0.25, 0.3) is 0 Å². The maximum absolute atomic E-state index is 10.7. The van der Waals surface area contributed by atoms with Crippen LogP contribution in [0.2, 0.25) is 23.2 Å². The summed E-state index contributed by atoms with van der Waals surface area (Å²) < 4.78 is 6.45. The van der Waals surface area contributed by atoms with Gasteiger partial charge in [-0.2, -0.15) is 0 Å². The molecule has 0 aliphatic rings. The quantitative estimate of drug-likeness (QED) is 0.732. The first-order valence-corrected chi connectivity index (χ1v) is 10.7. The topological polar surface area (TPSA) is 58.6 Å². The molecule has 0 heterocycles. The Labute approximate surface area is 139 Å². The van der Waals surface area contributed by atoms with E-state index >= 15 is 0 Å². The van der Waals surface area contributed by atoms with Gasteiger partial charge >= 0.3 is 5.97 Å². The summed E-state index contributed by atoms with van der Waals surface area (Å²) in [7, 11) is -1.98. The molecule has 1 aromatic rings. The second-order valence-corrected chi connectivity index (χ2v) is 12.1. The van der Waals surface area contributed by atoms with Crippen molar-refractivity contribution in [1.82, 2.24) is 5.32 Å². The lowest BCUT2D eigenvalue weighted by atomic mass is 10.1. The molecular weight excluding hydrogens is 318 g/mol. The fourth-order valence-electron chi connectivity index (χ4n) is 1.78. The van der Waals surface area contributed by atoms with Gasteiger partial charge in [-0.25, -0.2) is 0 Å². The van der Waals surface area contributed by atoms with E-state index in [0.29, 0.717) is 11.6 Å². The number of rotatable bonds is 7. The molecule has 0 spiro atoms. The predicted octanol–water partition coefficient (Wildman–Crippen LogP) is 4.08. The van der Waals surface area contributed by atoms with Crippen molar-refractivity contribution in [1.29, 1.82) is 0 Å². The van der Waals surface area contributed by atoms with Gasteiger partial charge in [0.2, 0.25) is 0 Å². The van der Waals surface area contributed by atoms with Crippen molar-refractivity contribution in [2.75, 3.05) is 13.1 Å². The van der Waals surface area contributed by atoms with E-state index in [2.05, 4.69) is 39.2 Å². The Morgan fingerprint density at radius 3 is 2.55 bits per heavy atom. The molecule has 0 fully saturated rings. The number of hydrogen-bond donors (Lipinski definition) is 2. The van der Waals surface area contributed by atoms with Crippen LogP contribution in [0, 0.1) is 0 Å². The fraction of sp³-hybridized carbons (Fsp3) is 0.562. The Kier molecular flexibility index (Phi) is 6.61. The van der Waals surface area contributed by atoms with E-state index < -0.39 is 14.3 Å². The van der Waals surface area contributed by atoms with Crippen LogP contribution in [-0.2, 0) is 9.22 Å². The molecular formula is C16H26ClNO3Si. The Morgan fingerprint density at radius 1 is 1.41 bits per heavy atom. The second kappa shape index (κ2) is 7.59. The Bertz CT molecular complexity index is 514. The van der Waals surface area contributed by atoms with Crippen molar-refractivity contribution in [3.63, 3.8) is 0 Å². The minimum Gasteiger partial charge on any atom is -0.480 e. The van der Waals surface area contributed by atoms with Gasteiger partial charge in [0.05, 0.1) is 12.6 Å². The summed E-state index contributed by atoms with van der Waals surface area (Å²) in [6, 6.07) is 7.55. The molecule has 0 saturated heterocycles. The number of carboxylic acids is 1. The molecule has 0 amide bonds. The van der Waals surface area contributed by atoms with Crippen LogP contribution in [-0.4, -0.2) is 32.5 Å². The third-order valence-corrected chi connectivity index (χ3v) is 8.79. The van der Waals surface area contributed by atoms with E-state index in [1.165, 1.54) is 0 Å². The lowest BCUT2D eigenvalue weighted by Gasteiger charge is -2.39. The highest BCUT2D eigenvalue weighted by molar-refractivity contribution is 6.74. The van der Waals surface area contributed by atoms with Crippen LogP contribution < -0.4 is 5.32 Å². The van der Waals surface area contributed by atoms with Gasteiger partial charge in [0, 0.05) is 11.6 Å². The highest BCUT2D eigenvalue weighted by Gasteiger charge is 2.39. The van der Waals surface area contributed by atoms with Crippen molar-refractivity contribution in [2.45, 2.75) is 45.0 Å². The molecule has 1 aromatic carbocycles. The number of aliphatic carboxylic acids is 1. The SMILES string of the molecule is CC(C)(C)[Si](C)(C)OC(CNCC(=O)O)c1cccc(Cl)c1. The molecule has 1 unspecified atom stereocenters. The summed E-state index contributed by atoms with van der Waals surface area (Å²) in [5.74, 6) is -0.878. The van der Waals surface area contributed by atoms with Gasteiger partial charge in [-0.1, -0.05) is 44.5 Å². The molecule has 4 nitrogen and oxygen atoms in total. The average Bonchev–Trinajstić information content (AvgIpc) is 2.35. The number of hydrogen-bond acceptors (Lipinski definition) is 3. The molecule has 0 aliphatic heterocycles. The third kappa shape index (κ3) is 5.72. The Hall–Kier alpha value is -0.883. The summed E-state index contributed by atoms with van der Waals surface area (Å²) in [5.41, 5.74) is 0.968. The van der Waals surface area contributed by atoms with E-state index in [1.54, 1.807) is 0 Å². The number of carbonyl (C=O) groups is 1. The van der Waals surface area contributed by atoms with Crippen molar-refractivity contribution < 1.29 is 14.3 Å². The molecule has 1 rings (SSSR count). The zero-order valence-corrected chi connectivity index (χ0v) is 15.7. The molecule has 0 bridgehead atoms. The van der Waals surface area contributed by atoms with Crippen LogP contribution in [0.5, 0.6) is 0 Å². The smallest absolute Gasteiger partial charge is 0.317 e. The maximum Gasteiger partial charge on any atom is 0.317 e. The summed E-state index contributed by atoms with van der Waals surface area (Å²) in [6.07, 6.45) is -0.209. The van der Waals surface area contributed by atoms with Gasteiger partial charge in [0.15, 0.2) is 8.32 Å². The summed E-state index contributed by atoms with van der Waals surface area (Å²) in [6.45, 7) is 11.3. The van der Waals surface area contributed by atoms with Crippen LogP contribution >= 0.6 is 11.6 Å². The number of halogens is 1. The van der Waals surface area contributed by atoms with Gasteiger partial charge in [-0.15, -0.1) is 0 Å². The standard InChI is InChI=1S/C16H26ClNO3Si/c1-16(2,3)22(4,5)21-14(10-18-11-15(19)20)12-7-6-8-13(17)9-12/h6-9,14,18H,10-11H2,1-5H3,(H,19,20). The first kappa shape index (κ1) is 19.2. The largest absolute Gasteiger partial charge is 0.480 e. The van der Waals surface area contributed by atoms with Crippen molar-refractivity contribution in [3.8, 4) is 0 Å². The summed E-state index contributed by atoms with van der Waals surface area (Å²) >= 11 is 6.08. The first-order valence-electron chi connectivity index (χ1n) is 7.39. The van der Waals surface area contributed by atoms with Crippen LogP contribution in [0.25, 0.3) is 0 Å². The summed E-state index contributed by atoms with van der Waals surface area (Å²) in [4.78, 5) is 10.7. The molecule has 124 valence electrons. The van der Waals surface area contributed by atoms with E-state index in [0.717, 1.165) is 5.56 Å². The van der Waals surface area contributed by atoms with Crippen molar-refractivity contribution in [3.05, 3.63) is 34.9 Å². The molecule has 0 aromatic heterocycles. The lowest BCUT2D eigenvalue weighted by Crippen LogP contribution is -2.43. The molecule has 6 heteroatoms. The van der Waals surface area contributed by atoms with E-state index in [4.69, 9.17) is 21.1 Å². The van der Waals surface area contributed by atoms with Crippen LogP contribution in [0.4, 0.5) is 0 Å². The van der Waals surface area contributed by atoms with Crippen LogP contribution in [0.1, 0.15) is 32.4 Å². The zero-order chi connectivity index (χ0) is 17.0. The maximum atomic E-state index is 10.7. The predicted molar refractivity (Wildman–Crippen MR) is 93.0 cm³/mol. The molecule has 1 atom stereocenters. The van der Waals surface area contributed by atoms with Gasteiger partial charge in [-0.3, -0.25) is 4.79 Å². The number of nitrogens with one attached hydrogen (secondary N) is 1. The number of benzene rings is 1. The van der Waals surface area contributed by atoms with E-state index in [1.807, 2.05) is 24.3 Å². The Morgan fingerprint density at radius 2 is 2.05 bits per heavy atom. The number of carboxylic acid groups (broad SMARTS) is 1. The molecule has 22 heavy (non-hydrogen) atoms. The minimum atomic E-state index is -1.98. The van der Waals surface area contributed by atoms with E-state index in [-0.39, 0.29) is 17.7 Å². The molecule has 0 aliphatic carbocycles. The fourth-order valence-corrected chi connectivity index (χ4v) is 3.26. The van der Waals surface area contributed by atoms with Gasteiger partial charge < -0.3 is 14.8 Å². The zero-order valence-electron chi connectivity index (χ0n) is 13.9. The molecule has 0 saturated carbocycles. The highest BCUT2D eigenvalue weighted by Crippen LogP contribution is 2.39. The summed E-state index contributed by atoms with van der Waals surface area (Å²) in [5, 5.41) is 12.5. The first-order chi connectivity index (χ1) is 10.0. The highest BCUT2D eigenvalue weighted by atomic mass is 35.5. The third-order valence-electron chi connectivity index (χ3n) is 4.07. The monoisotopic (exact) mass is 343 g/mol. The minimum absolute atomic E-state index is 0.0800. The van der Waals surface area contributed by atoms with Gasteiger partial charge in [0.1, 0.15) is 0 Å². The molecule has 0 radical (unpaired) electrons. The average molecular weight is 344 g/mol. The Balaban J connectivity index is 2.94. The van der Waals surface area contributed by atoms with Crippen LogP contribution in [0.3, 0.4) is 0 Å². The van der Waals surface area contributed by atoms with E-state index in [9.17, 15) is 4.79 Å². The lowest BCUT2D eigenvalue weighted by molar-refractivity contribution is -0.136. The normalized spacial score (nSPS) is 13.9. The van der Waals surface area contributed by atoms with Gasteiger partial charge in [-0.05, 0) is 35.8 Å². The van der Waals surface area contributed by atoms with Crippen molar-refractivity contribution >= 4 is 25.9 Å². The second-order valence-electron chi connectivity index (χ2n) is 6.95. The van der Waals surface area contributed by atoms with Crippen molar-refractivity contribution in [2.24, 2.45) is 0 Å². The molecule has 2 N–H and O–H groups in total.